The van der Waals surface area contributed by atoms with Crippen molar-refractivity contribution in [3.05, 3.63) is 0 Å². The van der Waals surface area contributed by atoms with Gasteiger partial charge in [-0.1, -0.05) is 0 Å². The van der Waals surface area contributed by atoms with E-state index in [4.69, 9.17) is 5.11 Å². The van der Waals surface area contributed by atoms with Crippen LogP contribution in [0, 0.1) is 29.6 Å². The Kier molecular flexibility index (Phi) is 0.787. The van der Waals surface area contributed by atoms with Crippen LogP contribution in [0.15, 0.2) is 0 Å². The Labute approximate surface area is 63.4 Å². The van der Waals surface area contributed by atoms with Gasteiger partial charge in [-0.3, -0.25) is 4.79 Å². The van der Waals surface area contributed by atoms with Crippen LogP contribution in [0.3, 0.4) is 0 Å². The highest BCUT2D eigenvalue weighted by atomic mass is 19.1. The van der Waals surface area contributed by atoms with Gasteiger partial charge in [-0.2, -0.15) is 0 Å². The molecule has 4 rings (SSSR count). The molecule has 4 bridgehead atoms. The fourth-order valence-electron chi connectivity index (χ4n) is 3.40. The normalized spacial score (nSPS) is 63.4. The van der Waals surface area contributed by atoms with E-state index in [1.807, 2.05) is 0 Å². The fourth-order valence-corrected chi connectivity index (χ4v) is 3.40. The Morgan fingerprint density at radius 2 is 2.09 bits per heavy atom. The summed E-state index contributed by atoms with van der Waals surface area (Å²) >= 11 is 0. The third-order valence-corrected chi connectivity index (χ3v) is 3.77. The number of halogens is 1. The maximum absolute atomic E-state index is 13.1. The van der Waals surface area contributed by atoms with Crippen molar-refractivity contribution >= 4 is 5.97 Å². The third-order valence-electron chi connectivity index (χ3n) is 3.77. The number of hydrogen-bond donors (Lipinski definition) is 1. The van der Waals surface area contributed by atoms with Crippen molar-refractivity contribution in [2.45, 2.75) is 12.6 Å². The maximum atomic E-state index is 13.1. The molecule has 4 aliphatic carbocycles. The SMILES string of the molecule is O=C(O)[C@@H]1C2CC3C(C2F)[C@H]31. The molecule has 60 valence electrons. The number of hydrogen-bond acceptors (Lipinski definition) is 1. The van der Waals surface area contributed by atoms with Crippen LogP contribution in [0.5, 0.6) is 0 Å². The molecule has 0 amide bonds. The van der Waals surface area contributed by atoms with Crippen LogP contribution in [-0.2, 0) is 4.79 Å². The van der Waals surface area contributed by atoms with Crippen molar-refractivity contribution in [2.75, 3.05) is 0 Å². The smallest absolute Gasteiger partial charge is 0.307 e. The van der Waals surface area contributed by atoms with E-state index in [0.717, 1.165) is 6.42 Å². The molecule has 0 aliphatic heterocycles. The van der Waals surface area contributed by atoms with Gasteiger partial charge in [-0.05, 0) is 24.2 Å². The molecule has 0 aromatic carbocycles. The van der Waals surface area contributed by atoms with E-state index < -0.39 is 12.1 Å². The molecule has 11 heavy (non-hydrogen) atoms. The molecule has 6 atom stereocenters. The predicted molar refractivity (Wildman–Crippen MR) is 34.6 cm³/mol. The van der Waals surface area contributed by atoms with Crippen molar-refractivity contribution in [3.63, 3.8) is 0 Å². The Balaban J connectivity index is 1.97. The minimum Gasteiger partial charge on any atom is -0.481 e. The minimum atomic E-state index is -0.786. The molecular formula is C8H9FO2. The molecule has 4 unspecified atom stereocenters. The van der Waals surface area contributed by atoms with Gasteiger partial charge in [-0.25, -0.2) is 4.39 Å². The van der Waals surface area contributed by atoms with Crippen molar-refractivity contribution in [1.82, 2.24) is 0 Å². The molecule has 0 heterocycles. The van der Waals surface area contributed by atoms with Gasteiger partial charge in [0.2, 0.25) is 0 Å². The highest BCUT2D eigenvalue weighted by Crippen LogP contribution is 2.74. The van der Waals surface area contributed by atoms with Gasteiger partial charge in [0.15, 0.2) is 0 Å². The average molecular weight is 156 g/mol. The largest absolute Gasteiger partial charge is 0.481 e. The zero-order chi connectivity index (χ0) is 7.75. The van der Waals surface area contributed by atoms with Gasteiger partial charge in [0.05, 0.1) is 5.92 Å². The topological polar surface area (TPSA) is 37.3 Å². The Bertz CT molecular complexity index is 240. The summed E-state index contributed by atoms with van der Waals surface area (Å²) in [6, 6.07) is 0. The summed E-state index contributed by atoms with van der Waals surface area (Å²) in [5, 5.41) is 8.76. The van der Waals surface area contributed by atoms with E-state index in [1.165, 1.54) is 0 Å². The van der Waals surface area contributed by atoms with Gasteiger partial charge < -0.3 is 5.11 Å². The van der Waals surface area contributed by atoms with Crippen LogP contribution in [0.25, 0.3) is 0 Å². The van der Waals surface area contributed by atoms with Crippen LogP contribution >= 0.6 is 0 Å². The van der Waals surface area contributed by atoms with Gasteiger partial charge in [0.1, 0.15) is 6.17 Å². The van der Waals surface area contributed by atoms with Gasteiger partial charge in [0.25, 0.3) is 0 Å². The first-order valence-corrected chi connectivity index (χ1v) is 4.08. The Hall–Kier alpha value is -0.600. The lowest BCUT2D eigenvalue weighted by atomic mass is 9.98. The lowest BCUT2D eigenvalue weighted by molar-refractivity contribution is -0.143. The Morgan fingerprint density at radius 1 is 1.36 bits per heavy atom. The van der Waals surface area contributed by atoms with Crippen molar-refractivity contribution in [3.8, 4) is 0 Å². The monoisotopic (exact) mass is 156 g/mol. The van der Waals surface area contributed by atoms with Gasteiger partial charge in [-0.15, -0.1) is 0 Å². The van der Waals surface area contributed by atoms with E-state index in [1.54, 1.807) is 0 Å². The summed E-state index contributed by atoms with van der Waals surface area (Å²) in [6.07, 6.45) is 0.0547. The molecule has 0 aromatic rings. The molecule has 2 nitrogen and oxygen atoms in total. The molecule has 4 aliphatic rings. The summed E-state index contributed by atoms with van der Waals surface area (Å²) in [4.78, 5) is 10.7. The third kappa shape index (κ3) is 0.461. The standard InChI is InChI=1S/C8H9FO2/c9-7-3-1-2-4(5(2)7)6(3)8(10)11/h2-7H,1H2,(H,10,11)/t2?,3?,4-,5?,6+,7?/m0/s1. The lowest BCUT2D eigenvalue weighted by Gasteiger charge is -2.09. The zero-order valence-electron chi connectivity index (χ0n) is 5.90. The van der Waals surface area contributed by atoms with Crippen molar-refractivity contribution in [2.24, 2.45) is 29.6 Å². The minimum absolute atomic E-state index is 0.132. The second-order valence-corrected chi connectivity index (χ2v) is 4.03. The number of carbonyl (C=O) groups is 1. The summed E-state index contributed by atoms with van der Waals surface area (Å²) in [7, 11) is 0. The number of alkyl halides is 1. The molecular weight excluding hydrogens is 147 g/mol. The van der Waals surface area contributed by atoms with Crippen LogP contribution in [0.4, 0.5) is 4.39 Å². The summed E-state index contributed by atoms with van der Waals surface area (Å²) in [5.74, 6) is -0.442. The molecule has 0 spiro atoms. The first-order valence-electron chi connectivity index (χ1n) is 4.08. The predicted octanol–water partition coefficient (Wildman–Crippen LogP) is 0.921. The average Bonchev–Trinajstić information content (AvgIpc) is 2.33. The summed E-state index contributed by atoms with van der Waals surface area (Å²) in [6.45, 7) is 0. The highest BCUT2D eigenvalue weighted by Gasteiger charge is 2.76. The molecule has 4 saturated carbocycles. The lowest BCUT2D eigenvalue weighted by Crippen LogP contribution is -2.20. The quantitative estimate of drug-likeness (QED) is 0.613. The second-order valence-electron chi connectivity index (χ2n) is 4.03. The highest BCUT2D eigenvalue weighted by molar-refractivity contribution is 5.73. The summed E-state index contributed by atoms with van der Waals surface area (Å²) in [5.41, 5.74) is 0. The molecule has 3 heteroatoms. The fraction of sp³-hybridized carbons (Fsp3) is 0.875. The molecule has 1 N–H and O–H groups in total. The number of carboxylic acid groups (broad SMARTS) is 1. The Morgan fingerprint density at radius 3 is 2.27 bits per heavy atom. The van der Waals surface area contributed by atoms with Crippen LogP contribution in [0.1, 0.15) is 6.42 Å². The van der Waals surface area contributed by atoms with Crippen LogP contribution in [-0.4, -0.2) is 17.2 Å². The van der Waals surface area contributed by atoms with Crippen LogP contribution < -0.4 is 0 Å². The number of carboxylic acids is 1. The van der Waals surface area contributed by atoms with Crippen molar-refractivity contribution < 1.29 is 14.3 Å². The first kappa shape index (κ1) is 5.98. The number of rotatable bonds is 1. The van der Waals surface area contributed by atoms with E-state index in [0.29, 0.717) is 5.92 Å². The van der Waals surface area contributed by atoms with E-state index in [2.05, 4.69) is 0 Å². The van der Waals surface area contributed by atoms with Crippen molar-refractivity contribution in [1.29, 1.82) is 0 Å². The molecule has 4 fully saturated rings. The molecule has 0 radical (unpaired) electrons. The summed E-state index contributed by atoms with van der Waals surface area (Å²) < 4.78 is 13.1. The zero-order valence-corrected chi connectivity index (χ0v) is 5.90. The van der Waals surface area contributed by atoms with Crippen LogP contribution in [0.2, 0.25) is 0 Å². The first-order chi connectivity index (χ1) is 5.22. The molecule has 0 aromatic heterocycles. The second kappa shape index (κ2) is 1.45. The number of aliphatic carboxylic acids is 1. The van der Waals surface area contributed by atoms with Gasteiger partial charge in [0, 0.05) is 5.92 Å². The maximum Gasteiger partial charge on any atom is 0.307 e. The van der Waals surface area contributed by atoms with E-state index in [-0.39, 0.29) is 23.7 Å². The van der Waals surface area contributed by atoms with Gasteiger partial charge >= 0.3 is 5.97 Å². The molecule has 0 saturated heterocycles. The van der Waals surface area contributed by atoms with E-state index in [9.17, 15) is 9.18 Å². The van der Waals surface area contributed by atoms with E-state index >= 15 is 0 Å².